The Labute approximate surface area is 152 Å². The molecule has 0 aromatic heterocycles. The summed E-state index contributed by atoms with van der Waals surface area (Å²) in [4.78, 5) is -0.408. The van der Waals surface area contributed by atoms with E-state index >= 15 is 0 Å². The summed E-state index contributed by atoms with van der Waals surface area (Å²) in [7, 11) is -7.92. The topological polar surface area (TPSA) is 106 Å². The fourth-order valence-electron chi connectivity index (χ4n) is 2.81. The highest BCUT2D eigenvalue weighted by molar-refractivity contribution is 7.90. The van der Waals surface area contributed by atoms with Gasteiger partial charge in [0.1, 0.15) is 0 Å². The van der Waals surface area contributed by atoms with E-state index in [0.29, 0.717) is 0 Å². The quantitative estimate of drug-likeness (QED) is 0.698. The van der Waals surface area contributed by atoms with Gasteiger partial charge in [0.15, 0.2) is 0 Å². The minimum atomic E-state index is -3.99. The molecule has 3 N–H and O–H groups in total. The van der Waals surface area contributed by atoms with E-state index in [-0.39, 0.29) is 9.79 Å². The van der Waals surface area contributed by atoms with E-state index in [1.54, 1.807) is 6.92 Å². The predicted molar refractivity (Wildman–Crippen MR) is 100 cm³/mol. The molecule has 0 aliphatic carbocycles. The molecule has 0 aliphatic rings. The molecule has 0 bridgehead atoms. The minimum Gasteiger partial charge on any atom is -0.225 e. The third-order valence-corrected chi connectivity index (χ3v) is 6.52. The zero-order valence-corrected chi connectivity index (χ0v) is 15.6. The molecule has 136 valence electrons. The summed E-state index contributed by atoms with van der Waals surface area (Å²) in [5.41, 5.74) is 0.828. The smallest absolute Gasteiger partial charge is 0.225 e. The Balaban J connectivity index is 1.97. The average molecular weight is 390 g/mol. The van der Waals surface area contributed by atoms with Gasteiger partial charge in [-0.15, -0.1) is 0 Å². The van der Waals surface area contributed by atoms with E-state index in [1.165, 1.54) is 18.2 Å². The molecule has 0 amide bonds. The molecule has 0 unspecified atom stereocenters. The maximum Gasteiger partial charge on any atom is 0.241 e. The van der Waals surface area contributed by atoms with Gasteiger partial charge in [0.05, 0.1) is 9.79 Å². The summed E-state index contributed by atoms with van der Waals surface area (Å²) >= 11 is 0. The van der Waals surface area contributed by atoms with Crippen LogP contribution in [0.5, 0.6) is 0 Å². The Hall–Kier alpha value is -2.26. The fourth-order valence-corrected chi connectivity index (χ4v) is 4.71. The van der Waals surface area contributed by atoms with Crippen LogP contribution in [0.15, 0.2) is 76.5 Å². The summed E-state index contributed by atoms with van der Waals surface area (Å²) in [5, 5.41) is 7.03. The molecular weight excluding hydrogens is 372 g/mol. The molecule has 0 spiro atoms. The fraction of sp³-hybridized carbons (Fsp3) is 0.111. The Morgan fingerprint density at radius 2 is 1.46 bits per heavy atom. The van der Waals surface area contributed by atoms with Crippen LogP contribution in [0.2, 0.25) is 0 Å². The van der Waals surface area contributed by atoms with E-state index < -0.39 is 26.1 Å². The monoisotopic (exact) mass is 390 g/mol. The molecular formula is C18H18N2O4S2. The molecule has 3 rings (SSSR count). The van der Waals surface area contributed by atoms with E-state index in [2.05, 4.69) is 4.72 Å². The Bertz CT molecular complexity index is 1170. The van der Waals surface area contributed by atoms with Gasteiger partial charge in [-0.25, -0.2) is 26.7 Å². The largest absolute Gasteiger partial charge is 0.241 e. The maximum atomic E-state index is 12.7. The van der Waals surface area contributed by atoms with Crippen molar-refractivity contribution in [1.29, 1.82) is 0 Å². The first kappa shape index (κ1) is 18.5. The summed E-state index contributed by atoms with van der Waals surface area (Å²) in [5.74, 6) is 0. The molecule has 0 radical (unpaired) electrons. The molecule has 26 heavy (non-hydrogen) atoms. The number of benzene rings is 3. The summed E-state index contributed by atoms with van der Waals surface area (Å²) in [6, 6.07) is 17.8. The number of sulfonamides is 2. The lowest BCUT2D eigenvalue weighted by atomic mass is 10.0. The number of nitrogens with two attached hydrogens (primary N) is 1. The van der Waals surface area contributed by atoms with E-state index in [1.807, 2.05) is 42.5 Å². The van der Waals surface area contributed by atoms with Gasteiger partial charge in [-0.3, -0.25) is 0 Å². The molecule has 0 heterocycles. The van der Waals surface area contributed by atoms with Gasteiger partial charge in [-0.05, 0) is 41.5 Å². The number of fused-ring (bicyclic) bond motifs is 1. The van der Waals surface area contributed by atoms with Gasteiger partial charge in [0.25, 0.3) is 0 Å². The molecule has 3 aromatic rings. The molecule has 8 heteroatoms. The second-order valence-electron chi connectivity index (χ2n) is 5.93. The lowest BCUT2D eigenvalue weighted by Crippen LogP contribution is -2.27. The Kier molecular flexibility index (Phi) is 4.85. The Morgan fingerprint density at radius 3 is 2.19 bits per heavy atom. The molecule has 3 aromatic carbocycles. The van der Waals surface area contributed by atoms with Crippen LogP contribution in [0.4, 0.5) is 0 Å². The van der Waals surface area contributed by atoms with Gasteiger partial charge < -0.3 is 0 Å². The first-order valence-corrected chi connectivity index (χ1v) is 10.8. The van der Waals surface area contributed by atoms with Crippen molar-refractivity contribution in [3.05, 3.63) is 72.3 Å². The molecule has 1 atom stereocenters. The van der Waals surface area contributed by atoms with E-state index in [4.69, 9.17) is 5.14 Å². The van der Waals surface area contributed by atoms with Crippen LogP contribution in [-0.2, 0) is 20.0 Å². The molecule has 0 saturated heterocycles. The maximum absolute atomic E-state index is 12.7. The Morgan fingerprint density at radius 1 is 0.846 bits per heavy atom. The van der Waals surface area contributed by atoms with E-state index in [9.17, 15) is 16.8 Å². The average Bonchev–Trinajstić information content (AvgIpc) is 2.60. The number of primary sulfonamides is 1. The van der Waals surface area contributed by atoms with Gasteiger partial charge >= 0.3 is 0 Å². The van der Waals surface area contributed by atoms with Gasteiger partial charge in [0, 0.05) is 6.04 Å². The second kappa shape index (κ2) is 6.81. The molecule has 6 nitrogen and oxygen atoms in total. The van der Waals surface area contributed by atoms with Crippen molar-refractivity contribution in [3.63, 3.8) is 0 Å². The lowest BCUT2D eigenvalue weighted by Gasteiger charge is -2.17. The zero-order valence-electron chi connectivity index (χ0n) is 14.0. The third-order valence-electron chi connectivity index (χ3n) is 4.07. The van der Waals surface area contributed by atoms with Gasteiger partial charge in [-0.2, -0.15) is 0 Å². The third kappa shape index (κ3) is 3.78. The SMILES string of the molecule is C[C@H](NS(=O)(=O)c1cccc(S(N)(=O)=O)c1)c1cccc2ccccc12. The van der Waals surface area contributed by atoms with Crippen molar-refractivity contribution in [3.8, 4) is 0 Å². The van der Waals surface area contributed by atoms with Crippen molar-refractivity contribution in [2.45, 2.75) is 22.8 Å². The zero-order chi connectivity index (χ0) is 18.9. The summed E-state index contributed by atoms with van der Waals surface area (Å²) < 4.78 is 50.9. The number of hydrogen-bond donors (Lipinski definition) is 2. The molecule has 0 aliphatic heterocycles. The van der Waals surface area contributed by atoms with Crippen molar-refractivity contribution < 1.29 is 16.8 Å². The highest BCUT2D eigenvalue weighted by Crippen LogP contribution is 2.25. The van der Waals surface area contributed by atoms with Gasteiger partial charge in [-0.1, -0.05) is 48.5 Å². The molecule has 0 saturated carbocycles. The van der Waals surface area contributed by atoms with Gasteiger partial charge in [0.2, 0.25) is 20.0 Å². The molecule has 0 fully saturated rings. The van der Waals surface area contributed by atoms with Crippen molar-refractivity contribution in [2.75, 3.05) is 0 Å². The van der Waals surface area contributed by atoms with Crippen molar-refractivity contribution in [2.24, 2.45) is 5.14 Å². The van der Waals surface area contributed by atoms with Crippen LogP contribution in [0, 0.1) is 0 Å². The second-order valence-corrected chi connectivity index (χ2v) is 9.21. The normalized spacial score (nSPS) is 13.6. The predicted octanol–water partition coefficient (Wildman–Crippen LogP) is 2.53. The van der Waals surface area contributed by atoms with Crippen LogP contribution >= 0.6 is 0 Å². The number of hydrogen-bond acceptors (Lipinski definition) is 4. The standard InChI is InChI=1S/C18H18N2O4S2/c1-13(17-11-4-7-14-6-2-3-10-18(14)17)20-26(23,24)16-9-5-8-15(12-16)25(19,21)22/h2-13,20H,1H3,(H2,19,21,22)/t13-/m0/s1. The van der Waals surface area contributed by atoms with Crippen LogP contribution in [0.25, 0.3) is 10.8 Å². The highest BCUT2D eigenvalue weighted by Gasteiger charge is 2.21. The van der Waals surface area contributed by atoms with Crippen LogP contribution < -0.4 is 9.86 Å². The van der Waals surface area contributed by atoms with Crippen molar-refractivity contribution in [1.82, 2.24) is 4.72 Å². The summed E-state index contributed by atoms with van der Waals surface area (Å²) in [6.07, 6.45) is 0. The van der Waals surface area contributed by atoms with Crippen LogP contribution in [0.3, 0.4) is 0 Å². The van der Waals surface area contributed by atoms with Crippen LogP contribution in [-0.4, -0.2) is 16.8 Å². The first-order valence-electron chi connectivity index (χ1n) is 7.81. The minimum absolute atomic E-state index is 0.156. The van der Waals surface area contributed by atoms with Crippen molar-refractivity contribution >= 4 is 30.8 Å². The number of nitrogens with one attached hydrogen (secondary N) is 1. The first-order chi connectivity index (χ1) is 12.2. The van der Waals surface area contributed by atoms with Crippen LogP contribution in [0.1, 0.15) is 18.5 Å². The highest BCUT2D eigenvalue weighted by atomic mass is 32.2. The number of rotatable bonds is 5. The van der Waals surface area contributed by atoms with E-state index in [0.717, 1.165) is 22.4 Å². The summed E-state index contributed by atoms with van der Waals surface area (Å²) in [6.45, 7) is 1.74. The lowest BCUT2D eigenvalue weighted by molar-refractivity contribution is 0.567.